The molecule has 3 aromatic rings. The quantitative estimate of drug-likeness (QED) is 0.401. The van der Waals surface area contributed by atoms with Crippen LogP contribution in [0.2, 0.25) is 5.02 Å². The van der Waals surface area contributed by atoms with Crippen LogP contribution in [0.15, 0.2) is 59.5 Å². The number of hydrogen-bond acceptors (Lipinski definition) is 5. The Morgan fingerprint density at radius 3 is 2.13 bits per heavy atom. The molecule has 5 nitrogen and oxygen atoms in total. The maximum atomic E-state index is 13.6. The SMILES string of the molecule is Nc1ccc(-c2cc(S(=O)(=O)C(F)(F)F)c(N)cc2Oc2cc(F)cc(Cl)c2)cc1. The van der Waals surface area contributed by atoms with Gasteiger partial charge in [-0.2, -0.15) is 13.2 Å². The number of nitrogen functional groups attached to an aromatic ring is 2. The summed E-state index contributed by atoms with van der Waals surface area (Å²) in [5, 5.41) is 0.0169. The molecular formula is C19H13ClF4N2O3S. The molecular weight excluding hydrogens is 448 g/mol. The van der Waals surface area contributed by atoms with Crippen LogP contribution in [-0.4, -0.2) is 13.9 Å². The molecule has 0 spiro atoms. The number of benzene rings is 3. The Balaban J connectivity index is 2.23. The average molecular weight is 461 g/mol. The zero-order chi connectivity index (χ0) is 22.3. The molecule has 0 fully saturated rings. The van der Waals surface area contributed by atoms with E-state index in [0.29, 0.717) is 11.3 Å². The molecule has 0 unspecified atom stereocenters. The highest BCUT2D eigenvalue weighted by molar-refractivity contribution is 7.92. The Morgan fingerprint density at radius 1 is 0.933 bits per heavy atom. The van der Waals surface area contributed by atoms with Gasteiger partial charge in [0.25, 0.3) is 9.84 Å². The second-order valence-electron chi connectivity index (χ2n) is 6.16. The molecule has 158 valence electrons. The Labute approximate surface area is 173 Å². The third-order valence-electron chi connectivity index (χ3n) is 3.99. The van der Waals surface area contributed by atoms with E-state index < -0.39 is 31.7 Å². The monoisotopic (exact) mass is 460 g/mol. The Kier molecular flexibility index (Phi) is 5.57. The highest BCUT2D eigenvalue weighted by atomic mass is 35.5. The summed E-state index contributed by atoms with van der Waals surface area (Å²) < 4.78 is 82.3. The highest BCUT2D eigenvalue weighted by Crippen LogP contribution is 2.42. The average Bonchev–Trinajstić information content (AvgIpc) is 2.61. The fourth-order valence-electron chi connectivity index (χ4n) is 2.62. The molecule has 0 saturated carbocycles. The van der Waals surface area contributed by atoms with Crippen LogP contribution < -0.4 is 16.2 Å². The zero-order valence-electron chi connectivity index (χ0n) is 14.9. The van der Waals surface area contributed by atoms with Crippen LogP contribution in [0.25, 0.3) is 11.1 Å². The van der Waals surface area contributed by atoms with Gasteiger partial charge in [0.2, 0.25) is 0 Å². The van der Waals surface area contributed by atoms with Crippen LogP contribution in [0, 0.1) is 5.82 Å². The van der Waals surface area contributed by atoms with Crippen LogP contribution in [0.4, 0.5) is 28.9 Å². The van der Waals surface area contributed by atoms with Gasteiger partial charge in [0, 0.05) is 28.4 Å². The van der Waals surface area contributed by atoms with E-state index in [1.165, 1.54) is 30.3 Å². The molecule has 4 N–H and O–H groups in total. The minimum absolute atomic E-state index is 0.0169. The second kappa shape index (κ2) is 7.69. The van der Waals surface area contributed by atoms with Gasteiger partial charge >= 0.3 is 5.51 Å². The lowest BCUT2D eigenvalue weighted by atomic mass is 10.0. The summed E-state index contributed by atoms with van der Waals surface area (Å²) in [5.41, 5.74) is 5.62. The zero-order valence-corrected chi connectivity index (χ0v) is 16.4. The van der Waals surface area contributed by atoms with Crippen molar-refractivity contribution >= 4 is 32.8 Å². The predicted octanol–water partition coefficient (Wildman–Crippen LogP) is 5.40. The summed E-state index contributed by atoms with van der Waals surface area (Å²) >= 11 is 5.79. The lowest BCUT2D eigenvalue weighted by Crippen LogP contribution is -2.24. The number of halogens is 5. The summed E-state index contributed by atoms with van der Waals surface area (Å²) in [6.45, 7) is 0. The van der Waals surface area contributed by atoms with E-state index in [2.05, 4.69) is 0 Å². The van der Waals surface area contributed by atoms with Crippen molar-refractivity contribution < 1.29 is 30.7 Å². The molecule has 11 heteroatoms. The number of nitrogens with two attached hydrogens (primary N) is 2. The fourth-order valence-corrected chi connectivity index (χ4v) is 3.72. The molecule has 0 heterocycles. The van der Waals surface area contributed by atoms with E-state index in [1.807, 2.05) is 0 Å². The molecule has 3 rings (SSSR count). The van der Waals surface area contributed by atoms with Gasteiger partial charge in [0.1, 0.15) is 17.3 Å². The molecule has 0 amide bonds. The van der Waals surface area contributed by atoms with Gasteiger partial charge in [-0.3, -0.25) is 0 Å². The van der Waals surface area contributed by atoms with Crippen molar-refractivity contribution in [2.24, 2.45) is 0 Å². The molecule has 0 bridgehead atoms. The van der Waals surface area contributed by atoms with E-state index in [1.54, 1.807) is 0 Å². The van der Waals surface area contributed by atoms with Gasteiger partial charge in [-0.1, -0.05) is 23.7 Å². The number of alkyl halides is 3. The smallest absolute Gasteiger partial charge is 0.456 e. The summed E-state index contributed by atoms with van der Waals surface area (Å²) in [7, 11) is -5.74. The Morgan fingerprint density at radius 2 is 1.57 bits per heavy atom. The highest BCUT2D eigenvalue weighted by Gasteiger charge is 2.48. The molecule has 0 aromatic heterocycles. The molecule has 3 aromatic carbocycles. The van der Waals surface area contributed by atoms with Crippen LogP contribution in [0.1, 0.15) is 0 Å². The van der Waals surface area contributed by atoms with Gasteiger partial charge in [-0.15, -0.1) is 0 Å². The number of rotatable bonds is 4. The maximum absolute atomic E-state index is 13.6. The molecule has 0 radical (unpaired) electrons. The van der Waals surface area contributed by atoms with Crippen molar-refractivity contribution in [3.05, 3.63) is 65.4 Å². The van der Waals surface area contributed by atoms with Gasteiger partial charge in [-0.25, -0.2) is 12.8 Å². The maximum Gasteiger partial charge on any atom is 0.501 e. The number of hydrogen-bond donors (Lipinski definition) is 2. The number of ether oxygens (including phenoxy) is 1. The third kappa shape index (κ3) is 4.29. The van der Waals surface area contributed by atoms with E-state index in [9.17, 15) is 26.0 Å². The molecule has 0 aliphatic rings. The third-order valence-corrected chi connectivity index (χ3v) is 5.75. The summed E-state index contributed by atoms with van der Waals surface area (Å²) in [6, 6.07) is 10.8. The van der Waals surface area contributed by atoms with Crippen LogP contribution in [-0.2, 0) is 9.84 Å². The van der Waals surface area contributed by atoms with Crippen LogP contribution >= 0.6 is 11.6 Å². The molecule has 0 aliphatic heterocycles. The molecule has 30 heavy (non-hydrogen) atoms. The normalized spacial score (nSPS) is 12.0. The van der Waals surface area contributed by atoms with Gasteiger partial charge < -0.3 is 16.2 Å². The van der Waals surface area contributed by atoms with E-state index in [0.717, 1.165) is 24.3 Å². The second-order valence-corrected chi connectivity index (χ2v) is 8.51. The summed E-state index contributed by atoms with van der Waals surface area (Å²) in [4.78, 5) is -1.13. The Hall–Kier alpha value is -2.98. The first kappa shape index (κ1) is 21.7. The molecule has 0 saturated heterocycles. The molecule has 0 atom stereocenters. The fraction of sp³-hybridized carbons (Fsp3) is 0.0526. The van der Waals surface area contributed by atoms with Crippen LogP contribution in [0.5, 0.6) is 11.5 Å². The van der Waals surface area contributed by atoms with Crippen molar-refractivity contribution in [3.8, 4) is 22.6 Å². The van der Waals surface area contributed by atoms with Crippen molar-refractivity contribution in [3.63, 3.8) is 0 Å². The first-order chi connectivity index (χ1) is 13.9. The van der Waals surface area contributed by atoms with Gasteiger partial charge in [0.15, 0.2) is 0 Å². The van der Waals surface area contributed by atoms with E-state index >= 15 is 0 Å². The number of sulfone groups is 1. The molecule has 0 aliphatic carbocycles. The van der Waals surface area contributed by atoms with Crippen molar-refractivity contribution in [1.29, 1.82) is 0 Å². The standard InChI is InChI=1S/C19H13ClF4N2O3S/c20-11-5-12(21)7-14(6-11)29-17-9-16(26)18(30(27,28)19(22,23)24)8-15(17)10-1-3-13(25)4-2-10/h1-9H,25-26H2. The first-order valence-electron chi connectivity index (χ1n) is 8.13. The van der Waals surface area contributed by atoms with Crippen LogP contribution in [0.3, 0.4) is 0 Å². The van der Waals surface area contributed by atoms with Gasteiger partial charge in [-0.05, 0) is 35.9 Å². The number of anilines is 2. The topological polar surface area (TPSA) is 95.4 Å². The van der Waals surface area contributed by atoms with Crippen molar-refractivity contribution in [2.75, 3.05) is 11.5 Å². The van der Waals surface area contributed by atoms with E-state index in [4.69, 9.17) is 27.8 Å². The predicted molar refractivity (Wildman–Crippen MR) is 105 cm³/mol. The Bertz CT molecular complexity index is 1190. The van der Waals surface area contributed by atoms with Crippen molar-refractivity contribution in [1.82, 2.24) is 0 Å². The first-order valence-corrected chi connectivity index (χ1v) is 9.99. The summed E-state index contributed by atoms with van der Waals surface area (Å²) in [6.07, 6.45) is 0. The lowest BCUT2D eigenvalue weighted by Gasteiger charge is -2.17. The largest absolute Gasteiger partial charge is 0.501 e. The minimum atomic E-state index is -5.74. The van der Waals surface area contributed by atoms with Crippen molar-refractivity contribution in [2.45, 2.75) is 10.4 Å². The summed E-state index contributed by atoms with van der Waals surface area (Å²) in [5.74, 6) is -0.890. The lowest BCUT2D eigenvalue weighted by molar-refractivity contribution is -0.0435. The minimum Gasteiger partial charge on any atom is -0.456 e. The van der Waals surface area contributed by atoms with Gasteiger partial charge in [0.05, 0.1) is 10.6 Å². The van der Waals surface area contributed by atoms with E-state index in [-0.39, 0.29) is 22.1 Å².